The normalized spacial score (nSPS) is 13.2. The number of nitrogens with one attached hydrogen (secondary N) is 1. The van der Waals surface area contributed by atoms with Gasteiger partial charge in [-0.05, 0) is 33.9 Å². The summed E-state index contributed by atoms with van der Waals surface area (Å²) in [4.78, 5) is 27.3. The molecule has 2 aromatic carbocycles. The molecular weight excluding hydrogens is 387 g/mol. The van der Waals surface area contributed by atoms with Crippen LogP contribution in [-0.2, 0) is 16.0 Å². The largest absolute Gasteiger partial charge is 0.480 e. The highest BCUT2D eigenvalue weighted by atomic mass is 19.1. The molecule has 1 heterocycles. The van der Waals surface area contributed by atoms with Crippen LogP contribution in [0, 0.1) is 5.95 Å². The number of fused-ring (bicyclic) bond motifs is 3. The topological polar surface area (TPSA) is 88.5 Å². The lowest BCUT2D eigenvalue weighted by atomic mass is 9.98. The molecule has 7 heteroatoms. The number of rotatable bonds is 6. The van der Waals surface area contributed by atoms with Crippen LogP contribution in [0.4, 0.5) is 9.18 Å². The van der Waals surface area contributed by atoms with Crippen LogP contribution >= 0.6 is 0 Å². The number of carbonyl (C=O) groups excluding carboxylic acids is 1. The van der Waals surface area contributed by atoms with Gasteiger partial charge in [-0.2, -0.15) is 4.39 Å². The van der Waals surface area contributed by atoms with Crippen LogP contribution in [0.1, 0.15) is 22.6 Å². The number of hydrogen-bond acceptors (Lipinski definition) is 4. The lowest BCUT2D eigenvalue weighted by molar-refractivity contribution is -0.139. The molecule has 0 aliphatic heterocycles. The fraction of sp³-hybridized carbons (Fsp3) is 0.174. The third-order valence-electron chi connectivity index (χ3n) is 5.16. The van der Waals surface area contributed by atoms with E-state index in [1.807, 2.05) is 48.5 Å². The Morgan fingerprint density at radius 2 is 1.67 bits per heavy atom. The SMILES string of the molecule is O=C(N[C@H](Cc1ccc(F)nc1)C(=O)O)OCC1c2ccccc2-c2ccccc21. The van der Waals surface area contributed by atoms with E-state index in [1.54, 1.807) is 0 Å². The number of halogens is 1. The van der Waals surface area contributed by atoms with Crippen molar-refractivity contribution in [1.82, 2.24) is 10.3 Å². The number of ether oxygens (including phenoxy) is 1. The van der Waals surface area contributed by atoms with Crippen molar-refractivity contribution in [3.63, 3.8) is 0 Å². The van der Waals surface area contributed by atoms with Crippen molar-refractivity contribution in [2.75, 3.05) is 6.61 Å². The molecular formula is C23H19FN2O4. The van der Waals surface area contributed by atoms with E-state index in [2.05, 4.69) is 10.3 Å². The van der Waals surface area contributed by atoms with Gasteiger partial charge in [0.25, 0.3) is 0 Å². The van der Waals surface area contributed by atoms with Crippen molar-refractivity contribution in [2.24, 2.45) is 0 Å². The van der Waals surface area contributed by atoms with Crippen molar-refractivity contribution >= 4 is 12.1 Å². The van der Waals surface area contributed by atoms with Gasteiger partial charge in [-0.1, -0.05) is 54.6 Å². The lowest BCUT2D eigenvalue weighted by Crippen LogP contribution is -2.42. The molecule has 30 heavy (non-hydrogen) atoms. The number of amides is 1. The average Bonchev–Trinajstić information content (AvgIpc) is 3.07. The quantitative estimate of drug-likeness (QED) is 0.609. The Kier molecular flexibility index (Phi) is 5.43. The molecule has 1 atom stereocenters. The third-order valence-corrected chi connectivity index (χ3v) is 5.16. The maximum Gasteiger partial charge on any atom is 0.407 e. The van der Waals surface area contributed by atoms with E-state index in [-0.39, 0.29) is 18.9 Å². The second kappa shape index (κ2) is 8.32. The number of nitrogens with zero attached hydrogens (tertiary/aromatic N) is 1. The Morgan fingerprint density at radius 1 is 1.03 bits per heavy atom. The van der Waals surface area contributed by atoms with Crippen molar-refractivity contribution in [3.8, 4) is 11.1 Å². The van der Waals surface area contributed by atoms with Gasteiger partial charge in [0.1, 0.15) is 12.6 Å². The van der Waals surface area contributed by atoms with Gasteiger partial charge in [-0.15, -0.1) is 0 Å². The number of benzene rings is 2. The second-order valence-electron chi connectivity index (χ2n) is 7.05. The molecule has 0 spiro atoms. The highest BCUT2D eigenvalue weighted by molar-refractivity contribution is 5.81. The zero-order valence-corrected chi connectivity index (χ0v) is 15.9. The monoisotopic (exact) mass is 406 g/mol. The first-order valence-electron chi connectivity index (χ1n) is 9.47. The number of alkyl carbamates (subject to hydrolysis) is 1. The summed E-state index contributed by atoms with van der Waals surface area (Å²) < 4.78 is 18.3. The number of hydrogen-bond donors (Lipinski definition) is 2. The molecule has 0 fully saturated rings. The van der Waals surface area contributed by atoms with E-state index in [1.165, 1.54) is 12.3 Å². The Morgan fingerprint density at radius 3 is 2.23 bits per heavy atom. The van der Waals surface area contributed by atoms with Gasteiger partial charge >= 0.3 is 12.1 Å². The van der Waals surface area contributed by atoms with Gasteiger partial charge in [-0.3, -0.25) is 0 Å². The molecule has 4 rings (SSSR count). The Balaban J connectivity index is 1.43. The van der Waals surface area contributed by atoms with Gasteiger partial charge in [0.05, 0.1) is 0 Å². The van der Waals surface area contributed by atoms with E-state index in [4.69, 9.17) is 4.74 Å². The van der Waals surface area contributed by atoms with Crippen LogP contribution in [0.25, 0.3) is 11.1 Å². The minimum atomic E-state index is -1.21. The first kappa shape index (κ1) is 19.6. The minimum Gasteiger partial charge on any atom is -0.480 e. The molecule has 3 aromatic rings. The highest BCUT2D eigenvalue weighted by Crippen LogP contribution is 2.44. The van der Waals surface area contributed by atoms with Gasteiger partial charge in [0.2, 0.25) is 5.95 Å². The zero-order chi connectivity index (χ0) is 21.1. The maximum absolute atomic E-state index is 12.9. The van der Waals surface area contributed by atoms with Crippen LogP contribution in [0.3, 0.4) is 0 Å². The average molecular weight is 406 g/mol. The second-order valence-corrected chi connectivity index (χ2v) is 7.05. The number of carbonyl (C=O) groups is 2. The van der Waals surface area contributed by atoms with Crippen LogP contribution in [0.5, 0.6) is 0 Å². The van der Waals surface area contributed by atoms with E-state index in [9.17, 15) is 19.1 Å². The highest BCUT2D eigenvalue weighted by Gasteiger charge is 2.29. The van der Waals surface area contributed by atoms with E-state index in [0.29, 0.717) is 5.56 Å². The zero-order valence-electron chi connectivity index (χ0n) is 15.9. The van der Waals surface area contributed by atoms with Crippen LogP contribution < -0.4 is 5.32 Å². The summed E-state index contributed by atoms with van der Waals surface area (Å²) in [5.74, 6) is -1.99. The minimum absolute atomic E-state index is 0.0349. The maximum atomic E-state index is 12.9. The predicted molar refractivity (Wildman–Crippen MR) is 108 cm³/mol. The van der Waals surface area contributed by atoms with Crippen molar-refractivity contribution in [3.05, 3.63) is 89.5 Å². The number of carboxylic acids is 1. The lowest BCUT2D eigenvalue weighted by Gasteiger charge is -2.17. The molecule has 1 aliphatic rings. The van der Waals surface area contributed by atoms with Gasteiger partial charge in [0, 0.05) is 18.5 Å². The molecule has 6 nitrogen and oxygen atoms in total. The van der Waals surface area contributed by atoms with Crippen LogP contribution in [0.2, 0.25) is 0 Å². The Hall–Kier alpha value is -3.74. The number of aliphatic carboxylic acids is 1. The standard InChI is InChI=1S/C23H19FN2O4/c24-21-10-9-14(12-25-21)11-20(22(27)28)26-23(29)30-13-19-17-7-3-1-5-15(17)16-6-2-4-8-18(16)19/h1-10,12,19-20H,11,13H2,(H,26,29)(H,27,28)/t20-/m1/s1. The van der Waals surface area contributed by atoms with E-state index >= 15 is 0 Å². The Labute approximate surface area is 172 Å². The fourth-order valence-corrected chi connectivity index (χ4v) is 3.75. The van der Waals surface area contributed by atoms with Crippen molar-refractivity contribution in [1.29, 1.82) is 0 Å². The molecule has 0 saturated carbocycles. The first-order chi connectivity index (χ1) is 14.5. The first-order valence-corrected chi connectivity index (χ1v) is 9.47. The van der Waals surface area contributed by atoms with Crippen LogP contribution in [-0.4, -0.2) is 34.8 Å². The molecule has 1 aliphatic carbocycles. The predicted octanol–water partition coefficient (Wildman–Crippen LogP) is 3.76. The molecule has 0 bridgehead atoms. The molecule has 0 saturated heterocycles. The summed E-state index contributed by atoms with van der Waals surface area (Å²) in [5.41, 5.74) is 4.84. The summed E-state index contributed by atoms with van der Waals surface area (Å²) in [5, 5.41) is 11.8. The van der Waals surface area contributed by atoms with E-state index in [0.717, 1.165) is 28.3 Å². The summed E-state index contributed by atoms with van der Waals surface area (Å²) in [6.45, 7) is 0.0876. The molecule has 0 unspecified atom stereocenters. The van der Waals surface area contributed by atoms with Gasteiger partial charge < -0.3 is 15.2 Å². The molecule has 1 aromatic heterocycles. The summed E-state index contributed by atoms with van der Waals surface area (Å²) in [7, 11) is 0. The fourth-order valence-electron chi connectivity index (χ4n) is 3.75. The summed E-state index contributed by atoms with van der Waals surface area (Å²) in [6.07, 6.45) is 0.386. The third kappa shape index (κ3) is 4.00. The molecule has 152 valence electrons. The summed E-state index contributed by atoms with van der Waals surface area (Å²) in [6, 6.07) is 17.2. The van der Waals surface area contributed by atoms with Crippen molar-refractivity contribution < 1.29 is 23.8 Å². The van der Waals surface area contributed by atoms with Gasteiger partial charge in [-0.25, -0.2) is 14.6 Å². The van der Waals surface area contributed by atoms with Gasteiger partial charge in [0.15, 0.2) is 0 Å². The van der Waals surface area contributed by atoms with Crippen molar-refractivity contribution in [2.45, 2.75) is 18.4 Å². The smallest absolute Gasteiger partial charge is 0.407 e. The molecule has 2 N–H and O–H groups in total. The Bertz CT molecular complexity index is 1040. The van der Waals surface area contributed by atoms with E-state index < -0.39 is 24.1 Å². The van der Waals surface area contributed by atoms with Crippen LogP contribution in [0.15, 0.2) is 66.9 Å². The summed E-state index contributed by atoms with van der Waals surface area (Å²) >= 11 is 0. The number of carboxylic acid groups (broad SMARTS) is 1. The molecule has 1 amide bonds. The number of aromatic nitrogens is 1. The number of pyridine rings is 1. The molecule has 0 radical (unpaired) electrons.